The van der Waals surface area contributed by atoms with Crippen LogP contribution in [0.2, 0.25) is 0 Å². The minimum absolute atomic E-state index is 0.0184. The number of ether oxygens (including phenoxy) is 1. The van der Waals surface area contributed by atoms with Gasteiger partial charge in [0.25, 0.3) is 0 Å². The van der Waals surface area contributed by atoms with E-state index >= 15 is 0 Å². The van der Waals surface area contributed by atoms with Crippen molar-refractivity contribution in [3.63, 3.8) is 0 Å². The number of hydrogen-bond acceptors (Lipinski definition) is 3. The minimum Gasteiger partial charge on any atom is -0.373 e. The van der Waals surface area contributed by atoms with E-state index < -0.39 is 0 Å². The predicted molar refractivity (Wildman–Crippen MR) is 93.4 cm³/mol. The van der Waals surface area contributed by atoms with E-state index in [2.05, 4.69) is 55.3 Å². The van der Waals surface area contributed by atoms with Crippen molar-refractivity contribution in [3.8, 4) is 0 Å². The Morgan fingerprint density at radius 3 is 2.52 bits per heavy atom. The standard InChI is InChI=1S/C19H30N2O2/c1-6-16-7-9-17(10-8-16)14(2)20-18(22)15(3)21-11-12-23-19(4,5)13-21/h7-10,14-15H,6,11-13H2,1-5H3,(H,20,22). The molecule has 1 fully saturated rings. The Hall–Kier alpha value is -1.39. The van der Waals surface area contributed by atoms with E-state index in [-0.39, 0.29) is 23.6 Å². The van der Waals surface area contributed by atoms with E-state index in [0.717, 1.165) is 25.1 Å². The molecule has 2 unspecified atom stereocenters. The van der Waals surface area contributed by atoms with Crippen molar-refractivity contribution in [2.75, 3.05) is 19.7 Å². The second kappa shape index (κ2) is 7.45. The zero-order valence-corrected chi connectivity index (χ0v) is 15.1. The molecule has 4 heteroatoms. The number of nitrogens with one attached hydrogen (secondary N) is 1. The number of rotatable bonds is 5. The van der Waals surface area contributed by atoms with Crippen molar-refractivity contribution in [1.29, 1.82) is 0 Å². The molecule has 23 heavy (non-hydrogen) atoms. The van der Waals surface area contributed by atoms with Gasteiger partial charge in [-0.05, 0) is 45.2 Å². The van der Waals surface area contributed by atoms with Crippen LogP contribution in [0, 0.1) is 0 Å². The Labute approximate surface area is 140 Å². The molecule has 128 valence electrons. The van der Waals surface area contributed by atoms with Crippen LogP contribution in [0.15, 0.2) is 24.3 Å². The van der Waals surface area contributed by atoms with Gasteiger partial charge in [0.2, 0.25) is 5.91 Å². The highest BCUT2D eigenvalue weighted by Gasteiger charge is 2.32. The molecule has 1 saturated heterocycles. The SMILES string of the molecule is CCc1ccc(C(C)NC(=O)C(C)N2CCOC(C)(C)C2)cc1. The Morgan fingerprint density at radius 1 is 1.30 bits per heavy atom. The van der Waals surface area contributed by atoms with E-state index in [1.165, 1.54) is 5.56 Å². The smallest absolute Gasteiger partial charge is 0.237 e. The Kier molecular flexibility index (Phi) is 5.82. The largest absolute Gasteiger partial charge is 0.373 e. The maximum Gasteiger partial charge on any atom is 0.237 e. The maximum atomic E-state index is 12.6. The Bertz CT molecular complexity index is 525. The van der Waals surface area contributed by atoms with Gasteiger partial charge < -0.3 is 10.1 Å². The molecular formula is C19H30N2O2. The molecule has 1 heterocycles. The highest BCUT2D eigenvalue weighted by atomic mass is 16.5. The number of morpholine rings is 1. The van der Waals surface area contributed by atoms with Crippen molar-refractivity contribution in [2.45, 2.75) is 58.7 Å². The topological polar surface area (TPSA) is 41.6 Å². The molecule has 0 spiro atoms. The van der Waals surface area contributed by atoms with Gasteiger partial charge in [0.1, 0.15) is 0 Å². The quantitative estimate of drug-likeness (QED) is 0.907. The molecular weight excluding hydrogens is 288 g/mol. The summed E-state index contributed by atoms with van der Waals surface area (Å²) in [5.41, 5.74) is 2.27. The number of amides is 1. The van der Waals surface area contributed by atoms with Crippen LogP contribution in [0.4, 0.5) is 0 Å². The van der Waals surface area contributed by atoms with Gasteiger partial charge >= 0.3 is 0 Å². The van der Waals surface area contributed by atoms with Gasteiger partial charge in [0, 0.05) is 13.1 Å². The highest BCUT2D eigenvalue weighted by Crippen LogP contribution is 2.19. The average molecular weight is 318 g/mol. The third kappa shape index (κ3) is 4.79. The summed E-state index contributed by atoms with van der Waals surface area (Å²) in [6.45, 7) is 12.6. The van der Waals surface area contributed by atoms with Gasteiger partial charge in [-0.15, -0.1) is 0 Å². The van der Waals surface area contributed by atoms with Crippen LogP contribution < -0.4 is 5.32 Å². The average Bonchev–Trinajstić information content (AvgIpc) is 2.53. The van der Waals surface area contributed by atoms with Crippen molar-refractivity contribution in [2.24, 2.45) is 0 Å². The van der Waals surface area contributed by atoms with Crippen molar-refractivity contribution < 1.29 is 9.53 Å². The number of aryl methyl sites for hydroxylation is 1. The molecule has 1 aromatic rings. The zero-order valence-electron chi connectivity index (χ0n) is 15.1. The van der Waals surface area contributed by atoms with Gasteiger partial charge in [-0.25, -0.2) is 0 Å². The van der Waals surface area contributed by atoms with E-state index in [1.54, 1.807) is 0 Å². The van der Waals surface area contributed by atoms with Crippen LogP contribution >= 0.6 is 0 Å². The summed E-state index contributed by atoms with van der Waals surface area (Å²) < 4.78 is 5.72. The molecule has 1 N–H and O–H groups in total. The molecule has 0 aliphatic carbocycles. The molecule has 4 nitrogen and oxygen atoms in total. The molecule has 2 atom stereocenters. The van der Waals surface area contributed by atoms with E-state index in [0.29, 0.717) is 6.61 Å². The first kappa shape index (κ1) is 18.0. The summed E-state index contributed by atoms with van der Waals surface area (Å²) in [5.74, 6) is 0.0785. The first-order chi connectivity index (χ1) is 10.8. The molecule has 0 bridgehead atoms. The van der Waals surface area contributed by atoms with Crippen LogP contribution in [-0.4, -0.2) is 42.1 Å². The molecule has 1 amide bonds. The van der Waals surface area contributed by atoms with E-state index in [1.807, 2.05) is 13.8 Å². The van der Waals surface area contributed by atoms with E-state index in [4.69, 9.17) is 4.74 Å². The van der Waals surface area contributed by atoms with Gasteiger partial charge in [0.15, 0.2) is 0 Å². The van der Waals surface area contributed by atoms with E-state index in [9.17, 15) is 4.79 Å². The zero-order chi connectivity index (χ0) is 17.0. The molecule has 1 aromatic carbocycles. The minimum atomic E-state index is -0.186. The van der Waals surface area contributed by atoms with Crippen molar-refractivity contribution in [3.05, 3.63) is 35.4 Å². The third-order valence-electron chi connectivity index (χ3n) is 4.63. The number of hydrogen-bond donors (Lipinski definition) is 1. The Balaban J connectivity index is 1.94. The lowest BCUT2D eigenvalue weighted by Gasteiger charge is -2.40. The van der Waals surface area contributed by atoms with Crippen LogP contribution in [0.3, 0.4) is 0 Å². The van der Waals surface area contributed by atoms with Gasteiger partial charge in [-0.1, -0.05) is 31.2 Å². The summed E-state index contributed by atoms with van der Waals surface area (Å²) in [4.78, 5) is 14.8. The monoisotopic (exact) mass is 318 g/mol. The van der Waals surface area contributed by atoms with Crippen LogP contribution in [-0.2, 0) is 16.0 Å². The number of carbonyl (C=O) groups excluding carboxylic acids is 1. The fourth-order valence-electron chi connectivity index (χ4n) is 3.01. The van der Waals surface area contributed by atoms with Gasteiger partial charge in [-0.2, -0.15) is 0 Å². The number of carbonyl (C=O) groups is 1. The maximum absolute atomic E-state index is 12.6. The molecule has 0 aromatic heterocycles. The number of benzene rings is 1. The summed E-state index contributed by atoms with van der Waals surface area (Å²) >= 11 is 0. The lowest BCUT2D eigenvalue weighted by molar-refractivity contribution is -0.134. The Morgan fingerprint density at radius 2 is 1.96 bits per heavy atom. The normalized spacial score (nSPS) is 20.7. The van der Waals surface area contributed by atoms with Crippen molar-refractivity contribution in [1.82, 2.24) is 10.2 Å². The first-order valence-electron chi connectivity index (χ1n) is 8.59. The molecule has 2 rings (SSSR count). The van der Waals surface area contributed by atoms with Crippen LogP contribution in [0.5, 0.6) is 0 Å². The van der Waals surface area contributed by atoms with Crippen molar-refractivity contribution >= 4 is 5.91 Å². The molecule has 1 aliphatic rings. The predicted octanol–water partition coefficient (Wildman–Crippen LogP) is 2.93. The second-order valence-electron chi connectivity index (χ2n) is 7.08. The highest BCUT2D eigenvalue weighted by molar-refractivity contribution is 5.81. The fraction of sp³-hybridized carbons (Fsp3) is 0.632. The van der Waals surface area contributed by atoms with Crippen LogP contribution in [0.1, 0.15) is 51.8 Å². The summed E-state index contributed by atoms with van der Waals surface area (Å²) in [5, 5.41) is 3.14. The fourth-order valence-corrected chi connectivity index (χ4v) is 3.01. The molecule has 1 aliphatic heterocycles. The molecule has 0 radical (unpaired) electrons. The lowest BCUT2D eigenvalue weighted by atomic mass is 10.0. The summed E-state index contributed by atoms with van der Waals surface area (Å²) in [6, 6.07) is 8.34. The third-order valence-corrected chi connectivity index (χ3v) is 4.63. The number of nitrogens with zero attached hydrogens (tertiary/aromatic N) is 1. The second-order valence-corrected chi connectivity index (χ2v) is 7.08. The van der Waals surface area contributed by atoms with Gasteiger partial charge in [0.05, 0.1) is 24.3 Å². The van der Waals surface area contributed by atoms with Gasteiger partial charge in [-0.3, -0.25) is 9.69 Å². The van der Waals surface area contributed by atoms with Crippen LogP contribution in [0.25, 0.3) is 0 Å². The molecule has 0 saturated carbocycles. The summed E-state index contributed by atoms with van der Waals surface area (Å²) in [7, 11) is 0. The summed E-state index contributed by atoms with van der Waals surface area (Å²) in [6.07, 6.45) is 1.03. The first-order valence-corrected chi connectivity index (χ1v) is 8.59. The lowest BCUT2D eigenvalue weighted by Crippen LogP contribution is -2.55.